The molecule has 7 heteroatoms. The number of hydrogen-bond donors (Lipinski definition) is 2. The van der Waals surface area contributed by atoms with Crippen LogP contribution in [0, 0.1) is 0 Å². The molecule has 4 aromatic rings. The lowest BCUT2D eigenvalue weighted by molar-refractivity contribution is 0.608. The van der Waals surface area contributed by atoms with E-state index in [4.69, 9.17) is 10.2 Å². The van der Waals surface area contributed by atoms with Gasteiger partial charge in [0, 0.05) is 25.7 Å². The molecular weight excluding hydrogens is 304 g/mol. The molecule has 1 aromatic carbocycles. The van der Waals surface area contributed by atoms with Gasteiger partial charge < -0.3 is 20.0 Å². The average molecular weight is 322 g/mol. The fourth-order valence-corrected chi connectivity index (χ4v) is 2.83. The molecule has 0 bridgehead atoms. The summed E-state index contributed by atoms with van der Waals surface area (Å²) in [7, 11) is 3.74. The van der Waals surface area contributed by atoms with Crippen molar-refractivity contribution >= 4 is 28.1 Å². The molecule has 4 rings (SSSR count). The number of benzene rings is 1. The highest BCUT2D eigenvalue weighted by atomic mass is 16.4. The second-order valence-corrected chi connectivity index (χ2v) is 5.85. The van der Waals surface area contributed by atoms with Crippen molar-refractivity contribution in [2.24, 2.45) is 12.8 Å². The average Bonchev–Trinajstić information content (AvgIpc) is 3.17. The lowest BCUT2D eigenvalue weighted by Crippen LogP contribution is -2.04. The zero-order valence-electron chi connectivity index (χ0n) is 13.7. The number of nitrogens with two attached hydrogens (primary N) is 1. The first-order chi connectivity index (χ1) is 11.6. The van der Waals surface area contributed by atoms with Crippen LogP contribution in [-0.4, -0.2) is 26.6 Å². The van der Waals surface area contributed by atoms with Gasteiger partial charge in [-0.05, 0) is 24.6 Å². The molecule has 7 nitrogen and oxygen atoms in total. The van der Waals surface area contributed by atoms with Gasteiger partial charge >= 0.3 is 0 Å². The topological polar surface area (TPSA) is 94.8 Å². The van der Waals surface area contributed by atoms with Crippen LogP contribution in [0.3, 0.4) is 0 Å². The molecule has 1 atom stereocenters. The van der Waals surface area contributed by atoms with Gasteiger partial charge in [-0.1, -0.05) is 12.1 Å². The Morgan fingerprint density at radius 3 is 2.83 bits per heavy atom. The highest BCUT2D eigenvalue weighted by molar-refractivity contribution is 6.03. The predicted molar refractivity (Wildman–Crippen MR) is 93.7 cm³/mol. The first-order valence-electron chi connectivity index (χ1n) is 7.73. The number of rotatable bonds is 3. The molecule has 3 aromatic heterocycles. The Labute approximate surface area is 138 Å². The first-order valence-corrected chi connectivity index (χ1v) is 7.73. The molecule has 0 spiro atoms. The van der Waals surface area contributed by atoms with Crippen LogP contribution in [-0.2, 0) is 7.05 Å². The molecule has 0 radical (unpaired) electrons. The number of pyridine rings is 1. The minimum atomic E-state index is -0.0490. The third kappa shape index (κ3) is 2.13. The number of aryl methyl sites for hydroxylation is 1. The standard InChI is InChI=1S/C17H18N6O/c1-9(18)10-5-4-6-11(7-10)16-21-13-14-12(20-8-23(14)3)15(19-2)22-17(13)24-16/h4-9H,18H2,1-3H3,(H,19,22). The zero-order chi connectivity index (χ0) is 16.8. The van der Waals surface area contributed by atoms with Crippen LogP contribution in [0.1, 0.15) is 18.5 Å². The van der Waals surface area contributed by atoms with Crippen LogP contribution >= 0.6 is 0 Å². The van der Waals surface area contributed by atoms with Crippen molar-refractivity contribution in [1.29, 1.82) is 0 Å². The van der Waals surface area contributed by atoms with Gasteiger partial charge in [0.05, 0.1) is 6.33 Å². The molecule has 0 fully saturated rings. The van der Waals surface area contributed by atoms with E-state index < -0.39 is 0 Å². The quantitative estimate of drug-likeness (QED) is 0.602. The van der Waals surface area contributed by atoms with E-state index in [-0.39, 0.29) is 6.04 Å². The minimum absolute atomic E-state index is 0.0490. The summed E-state index contributed by atoms with van der Waals surface area (Å²) in [6.07, 6.45) is 1.75. The number of hydrogen-bond acceptors (Lipinski definition) is 6. The highest BCUT2D eigenvalue weighted by Crippen LogP contribution is 2.31. The molecular formula is C17H18N6O. The van der Waals surface area contributed by atoms with Gasteiger partial charge in [-0.2, -0.15) is 4.98 Å². The molecule has 24 heavy (non-hydrogen) atoms. The number of aromatic nitrogens is 4. The smallest absolute Gasteiger partial charge is 0.251 e. The zero-order valence-corrected chi connectivity index (χ0v) is 13.7. The number of oxazole rings is 1. The van der Waals surface area contributed by atoms with Gasteiger partial charge in [-0.3, -0.25) is 0 Å². The van der Waals surface area contributed by atoms with E-state index in [1.807, 2.05) is 49.9 Å². The predicted octanol–water partition coefficient (Wildman–Crippen LogP) is 2.84. The number of fused-ring (bicyclic) bond motifs is 3. The normalized spacial score (nSPS) is 12.8. The van der Waals surface area contributed by atoms with Crippen LogP contribution in [0.5, 0.6) is 0 Å². The van der Waals surface area contributed by atoms with E-state index in [2.05, 4.69) is 20.3 Å². The van der Waals surface area contributed by atoms with Crippen LogP contribution in [0.4, 0.5) is 5.82 Å². The summed E-state index contributed by atoms with van der Waals surface area (Å²) in [5, 5.41) is 3.06. The van der Waals surface area contributed by atoms with Crippen molar-refractivity contribution in [3.63, 3.8) is 0 Å². The van der Waals surface area contributed by atoms with Crippen LogP contribution in [0.15, 0.2) is 35.0 Å². The fraction of sp³-hybridized carbons (Fsp3) is 0.235. The van der Waals surface area contributed by atoms with E-state index in [9.17, 15) is 0 Å². The van der Waals surface area contributed by atoms with Crippen molar-refractivity contribution < 1.29 is 4.42 Å². The lowest BCUT2D eigenvalue weighted by Gasteiger charge is -2.05. The molecule has 0 aliphatic carbocycles. The number of nitrogens with zero attached hydrogens (tertiary/aromatic N) is 4. The van der Waals surface area contributed by atoms with Crippen molar-refractivity contribution in [3.8, 4) is 11.5 Å². The van der Waals surface area contributed by atoms with Gasteiger partial charge in [-0.15, -0.1) is 0 Å². The van der Waals surface area contributed by atoms with E-state index in [0.29, 0.717) is 22.9 Å². The molecule has 3 heterocycles. The van der Waals surface area contributed by atoms with Gasteiger partial charge in [0.25, 0.3) is 5.71 Å². The van der Waals surface area contributed by atoms with Crippen molar-refractivity contribution in [3.05, 3.63) is 36.2 Å². The fourth-order valence-electron chi connectivity index (χ4n) is 2.83. The molecule has 0 amide bonds. The lowest BCUT2D eigenvalue weighted by atomic mass is 10.1. The maximum atomic E-state index is 5.97. The van der Waals surface area contributed by atoms with Gasteiger partial charge in [0.2, 0.25) is 5.89 Å². The summed E-state index contributed by atoms with van der Waals surface area (Å²) >= 11 is 0. The second-order valence-electron chi connectivity index (χ2n) is 5.85. The van der Waals surface area contributed by atoms with Crippen molar-refractivity contribution in [2.45, 2.75) is 13.0 Å². The molecule has 0 aliphatic rings. The summed E-state index contributed by atoms with van der Waals surface area (Å²) in [5.41, 5.74) is 10.7. The Morgan fingerprint density at radius 2 is 2.08 bits per heavy atom. The van der Waals surface area contributed by atoms with E-state index >= 15 is 0 Å². The molecule has 0 aliphatic heterocycles. The number of anilines is 1. The Morgan fingerprint density at radius 1 is 1.25 bits per heavy atom. The summed E-state index contributed by atoms with van der Waals surface area (Å²) in [6.45, 7) is 1.95. The number of imidazole rings is 1. The Hall–Kier alpha value is -2.93. The summed E-state index contributed by atoms with van der Waals surface area (Å²) in [4.78, 5) is 13.6. The van der Waals surface area contributed by atoms with E-state index in [1.54, 1.807) is 6.33 Å². The van der Waals surface area contributed by atoms with Gasteiger partial charge in [-0.25, -0.2) is 9.97 Å². The van der Waals surface area contributed by atoms with Gasteiger partial charge in [0.15, 0.2) is 11.3 Å². The second kappa shape index (κ2) is 5.31. The highest BCUT2D eigenvalue weighted by Gasteiger charge is 2.18. The Kier molecular flexibility index (Phi) is 3.24. The Balaban J connectivity index is 1.97. The third-order valence-electron chi connectivity index (χ3n) is 4.10. The third-order valence-corrected chi connectivity index (χ3v) is 4.10. The molecule has 122 valence electrons. The summed E-state index contributed by atoms with van der Waals surface area (Å²) in [5.74, 6) is 1.20. The van der Waals surface area contributed by atoms with E-state index in [1.165, 1.54) is 0 Å². The summed E-state index contributed by atoms with van der Waals surface area (Å²) < 4.78 is 7.84. The SMILES string of the molecule is CNc1nc2oc(-c3cccc(C(C)N)c3)nc2c2c1ncn2C. The maximum Gasteiger partial charge on any atom is 0.251 e. The van der Waals surface area contributed by atoms with Crippen LogP contribution in [0.25, 0.3) is 33.7 Å². The molecule has 0 saturated heterocycles. The van der Waals surface area contributed by atoms with Crippen molar-refractivity contribution in [1.82, 2.24) is 19.5 Å². The van der Waals surface area contributed by atoms with E-state index in [0.717, 1.165) is 22.2 Å². The number of nitrogens with one attached hydrogen (secondary N) is 1. The summed E-state index contributed by atoms with van der Waals surface area (Å²) in [6, 6.07) is 7.85. The Bertz CT molecular complexity index is 1050. The van der Waals surface area contributed by atoms with Gasteiger partial charge in [0.1, 0.15) is 11.0 Å². The van der Waals surface area contributed by atoms with Crippen LogP contribution < -0.4 is 11.1 Å². The molecule has 3 N–H and O–H groups in total. The first kappa shape index (κ1) is 14.6. The molecule has 1 unspecified atom stereocenters. The minimum Gasteiger partial charge on any atom is -0.418 e. The van der Waals surface area contributed by atoms with Crippen LogP contribution in [0.2, 0.25) is 0 Å². The largest absolute Gasteiger partial charge is 0.418 e. The molecule has 0 saturated carbocycles. The van der Waals surface area contributed by atoms with Crippen molar-refractivity contribution in [2.75, 3.05) is 12.4 Å². The monoisotopic (exact) mass is 322 g/mol. The maximum absolute atomic E-state index is 5.97.